The number of aliphatic hydroxyl groups excluding tert-OH is 1. The molecule has 8 heteroatoms. The second-order valence-corrected chi connectivity index (χ2v) is 6.98. The normalized spacial score (nSPS) is 17.6. The van der Waals surface area contributed by atoms with Gasteiger partial charge in [0.15, 0.2) is 0 Å². The Morgan fingerprint density at radius 2 is 1.83 bits per heavy atom. The van der Waals surface area contributed by atoms with E-state index >= 15 is 0 Å². The van der Waals surface area contributed by atoms with Crippen LogP contribution in [-0.2, 0) is 14.1 Å². The Bertz CT molecular complexity index is 1020. The van der Waals surface area contributed by atoms with E-state index in [9.17, 15) is 19.1 Å². The van der Waals surface area contributed by atoms with Gasteiger partial charge in [0.1, 0.15) is 17.2 Å². The molecule has 1 heterocycles. The summed E-state index contributed by atoms with van der Waals surface area (Å²) in [5.74, 6) is -0.335. The third-order valence-corrected chi connectivity index (χ3v) is 4.84. The summed E-state index contributed by atoms with van der Waals surface area (Å²) in [5.41, 5.74) is 0.304. The van der Waals surface area contributed by atoms with E-state index in [1.54, 1.807) is 19.1 Å². The van der Waals surface area contributed by atoms with Crippen molar-refractivity contribution in [1.82, 2.24) is 14.5 Å². The molecule has 3 N–H and O–H groups in total. The van der Waals surface area contributed by atoms with Gasteiger partial charge >= 0.3 is 5.69 Å². The van der Waals surface area contributed by atoms with Gasteiger partial charge in [-0.2, -0.15) is 0 Å². The number of nitrogens with zero attached hydrogens (tertiary/aromatic N) is 2. The number of nitrogens with one attached hydrogen (secondary N) is 2. The first-order chi connectivity index (χ1) is 13.7. The van der Waals surface area contributed by atoms with Crippen LogP contribution in [0.2, 0.25) is 0 Å². The van der Waals surface area contributed by atoms with Crippen molar-refractivity contribution < 1.29 is 9.50 Å². The Hall–Kier alpha value is -2.87. The zero-order chi connectivity index (χ0) is 21.9. The van der Waals surface area contributed by atoms with Crippen LogP contribution in [-0.4, -0.2) is 26.4 Å². The summed E-state index contributed by atoms with van der Waals surface area (Å²) in [7, 11) is 2.88. The number of hydrogen-bond acceptors (Lipinski definition) is 5. The van der Waals surface area contributed by atoms with Gasteiger partial charge in [-0.15, -0.1) is 0 Å². The summed E-state index contributed by atoms with van der Waals surface area (Å²) in [4.78, 5) is 25.1. The molecule has 0 spiro atoms. The smallest absolute Gasteiger partial charge is 0.332 e. The monoisotopic (exact) mass is 404 g/mol. The van der Waals surface area contributed by atoms with Crippen molar-refractivity contribution in [2.75, 3.05) is 5.32 Å². The maximum Gasteiger partial charge on any atom is 0.332 e. The van der Waals surface area contributed by atoms with Crippen LogP contribution in [0, 0.1) is 12.7 Å². The molecular weight excluding hydrogens is 375 g/mol. The minimum atomic E-state index is -0.537. The number of hydrogen-bond donors (Lipinski definition) is 3. The van der Waals surface area contributed by atoms with Gasteiger partial charge in [-0.3, -0.25) is 13.9 Å². The van der Waals surface area contributed by atoms with Gasteiger partial charge in [0.2, 0.25) is 0 Å². The van der Waals surface area contributed by atoms with Gasteiger partial charge in [0.05, 0.1) is 11.8 Å². The lowest BCUT2D eigenvalue weighted by molar-refractivity contribution is 0.0689. The Morgan fingerprint density at radius 3 is 2.38 bits per heavy atom. The Labute approximate surface area is 169 Å². The highest BCUT2D eigenvalue weighted by molar-refractivity contribution is 5.75. The minimum Gasteiger partial charge on any atom is -0.393 e. The molecule has 0 bridgehead atoms. The van der Waals surface area contributed by atoms with Crippen LogP contribution in [0.25, 0.3) is 5.70 Å². The molecular formula is C21H29FN4O3. The van der Waals surface area contributed by atoms with E-state index in [1.165, 1.54) is 24.7 Å². The van der Waals surface area contributed by atoms with Crippen LogP contribution in [0.3, 0.4) is 0 Å². The molecule has 1 saturated carbocycles. The average molecular weight is 404 g/mol. The minimum absolute atomic E-state index is 0.00148. The predicted molar refractivity (Wildman–Crippen MR) is 114 cm³/mol. The number of aryl methyl sites for hydroxylation is 1. The van der Waals surface area contributed by atoms with E-state index in [0.717, 1.165) is 10.1 Å². The van der Waals surface area contributed by atoms with Crippen molar-refractivity contribution >= 4 is 17.2 Å². The molecule has 3 rings (SSSR count). The molecule has 0 radical (unpaired) electrons. The van der Waals surface area contributed by atoms with Gasteiger partial charge in [0.25, 0.3) is 5.56 Å². The van der Waals surface area contributed by atoms with E-state index in [4.69, 9.17) is 0 Å². The molecule has 0 atom stereocenters. The Morgan fingerprint density at radius 1 is 1.21 bits per heavy atom. The van der Waals surface area contributed by atoms with Gasteiger partial charge in [-0.1, -0.05) is 26.5 Å². The number of anilines is 2. The molecule has 0 unspecified atom stereocenters. The SMILES string of the molecule is C=C(NC1CC(O)C1)c1c(Nc2ccc(C)cc2F)n(C)c(=O)n(C)c1=O.CC. The standard InChI is InChI=1S/C19H23FN4O3.C2H6/c1-10-5-6-15(14(20)7-10)22-17-16(11(2)21-12-8-13(25)9-12)18(26)24(4)19(27)23(17)3;1-2/h5-7,12-13,21-22,25H,2,8-9H2,1,3-4H3;1-2H3. The van der Waals surface area contributed by atoms with E-state index in [2.05, 4.69) is 17.2 Å². The molecule has 0 amide bonds. The quantitative estimate of drug-likeness (QED) is 0.712. The molecule has 1 aromatic carbocycles. The fourth-order valence-corrected chi connectivity index (χ4v) is 3.14. The van der Waals surface area contributed by atoms with Crippen molar-refractivity contribution in [2.45, 2.75) is 45.8 Å². The highest BCUT2D eigenvalue weighted by Crippen LogP contribution is 2.26. The van der Waals surface area contributed by atoms with Crippen LogP contribution in [0.1, 0.15) is 37.8 Å². The summed E-state index contributed by atoms with van der Waals surface area (Å²) >= 11 is 0. The maximum atomic E-state index is 14.3. The van der Waals surface area contributed by atoms with E-state index < -0.39 is 17.1 Å². The molecule has 1 fully saturated rings. The number of rotatable bonds is 5. The molecule has 29 heavy (non-hydrogen) atoms. The summed E-state index contributed by atoms with van der Waals surface area (Å²) < 4.78 is 16.5. The average Bonchev–Trinajstić information content (AvgIpc) is 2.66. The molecule has 7 nitrogen and oxygen atoms in total. The molecule has 158 valence electrons. The molecule has 1 aromatic heterocycles. The van der Waals surface area contributed by atoms with Crippen LogP contribution in [0.15, 0.2) is 34.4 Å². The topological polar surface area (TPSA) is 88.3 Å². The lowest BCUT2D eigenvalue weighted by Crippen LogP contribution is -2.45. The lowest BCUT2D eigenvalue weighted by Gasteiger charge is -2.33. The summed E-state index contributed by atoms with van der Waals surface area (Å²) in [6, 6.07) is 4.64. The summed E-state index contributed by atoms with van der Waals surface area (Å²) in [6.07, 6.45) is 0.749. The summed E-state index contributed by atoms with van der Waals surface area (Å²) in [6.45, 7) is 9.70. The highest BCUT2D eigenvalue weighted by atomic mass is 19.1. The van der Waals surface area contributed by atoms with E-state index in [-0.39, 0.29) is 29.2 Å². The fourth-order valence-electron chi connectivity index (χ4n) is 3.14. The molecule has 1 aliphatic rings. The molecule has 0 saturated heterocycles. The molecule has 0 aliphatic heterocycles. The third-order valence-electron chi connectivity index (χ3n) is 4.84. The second kappa shape index (κ2) is 9.09. The summed E-state index contributed by atoms with van der Waals surface area (Å²) in [5, 5.41) is 15.4. The molecule has 2 aromatic rings. The van der Waals surface area contributed by atoms with E-state index in [1.807, 2.05) is 13.8 Å². The number of aromatic nitrogens is 2. The zero-order valence-corrected chi connectivity index (χ0v) is 17.5. The highest BCUT2D eigenvalue weighted by Gasteiger charge is 2.29. The van der Waals surface area contributed by atoms with Crippen molar-refractivity contribution in [1.29, 1.82) is 0 Å². The van der Waals surface area contributed by atoms with Gasteiger partial charge in [0, 0.05) is 25.8 Å². The largest absolute Gasteiger partial charge is 0.393 e. The van der Waals surface area contributed by atoms with Crippen LogP contribution in [0.5, 0.6) is 0 Å². The van der Waals surface area contributed by atoms with Gasteiger partial charge in [-0.25, -0.2) is 9.18 Å². The van der Waals surface area contributed by atoms with Crippen molar-refractivity contribution in [3.63, 3.8) is 0 Å². The number of halogens is 1. The van der Waals surface area contributed by atoms with Crippen molar-refractivity contribution in [3.8, 4) is 0 Å². The number of benzene rings is 1. The zero-order valence-electron chi connectivity index (χ0n) is 17.5. The van der Waals surface area contributed by atoms with E-state index in [0.29, 0.717) is 18.5 Å². The fraction of sp³-hybridized carbons (Fsp3) is 0.429. The molecule has 1 aliphatic carbocycles. The Kier molecular flexibility index (Phi) is 7.02. The Balaban J connectivity index is 0.00000145. The van der Waals surface area contributed by atoms with Crippen LogP contribution < -0.4 is 21.9 Å². The van der Waals surface area contributed by atoms with Crippen molar-refractivity contribution in [3.05, 3.63) is 62.6 Å². The first-order valence-corrected chi connectivity index (χ1v) is 9.66. The second-order valence-electron chi connectivity index (χ2n) is 6.98. The first kappa shape index (κ1) is 22.4. The van der Waals surface area contributed by atoms with Crippen molar-refractivity contribution in [2.24, 2.45) is 14.1 Å². The van der Waals surface area contributed by atoms with Crippen LogP contribution in [0.4, 0.5) is 15.9 Å². The maximum absolute atomic E-state index is 14.3. The van der Waals surface area contributed by atoms with Gasteiger partial charge in [-0.05, 0) is 37.5 Å². The number of aliphatic hydroxyl groups is 1. The van der Waals surface area contributed by atoms with Gasteiger partial charge < -0.3 is 15.7 Å². The lowest BCUT2D eigenvalue weighted by atomic mass is 9.89. The predicted octanol–water partition coefficient (Wildman–Crippen LogP) is 2.38. The third kappa shape index (κ3) is 4.59. The van der Waals surface area contributed by atoms with Crippen LogP contribution >= 0.6 is 0 Å². The first-order valence-electron chi connectivity index (χ1n) is 9.66.